The molecule has 0 atom stereocenters. The first-order valence-corrected chi connectivity index (χ1v) is 7.75. The summed E-state index contributed by atoms with van der Waals surface area (Å²) in [7, 11) is 0. The van der Waals surface area contributed by atoms with Gasteiger partial charge < -0.3 is 4.57 Å². The first-order chi connectivity index (χ1) is 10.9. The van der Waals surface area contributed by atoms with Crippen LogP contribution in [0.2, 0.25) is 0 Å². The second-order valence-electron chi connectivity index (χ2n) is 5.59. The van der Waals surface area contributed by atoms with Crippen LogP contribution in [0.5, 0.6) is 0 Å². The molecule has 1 fully saturated rings. The zero-order valence-electron chi connectivity index (χ0n) is 12.7. The summed E-state index contributed by atoms with van der Waals surface area (Å²) in [5.41, 5.74) is 1.16. The minimum Gasteiger partial charge on any atom is -0.330 e. The van der Waals surface area contributed by atoms with Crippen LogP contribution < -0.4 is 0 Å². The summed E-state index contributed by atoms with van der Waals surface area (Å²) in [6.45, 7) is 6.58. The Kier molecular flexibility index (Phi) is 4.84. The van der Waals surface area contributed by atoms with Crippen molar-refractivity contribution in [3.8, 4) is 17.5 Å². The predicted molar refractivity (Wildman–Crippen MR) is 86.2 cm³/mol. The van der Waals surface area contributed by atoms with Crippen molar-refractivity contribution in [1.82, 2.24) is 19.4 Å². The van der Waals surface area contributed by atoms with Crippen molar-refractivity contribution in [2.24, 2.45) is 0 Å². The Balaban J connectivity index is 1.55. The molecule has 1 aliphatic rings. The van der Waals surface area contributed by atoms with Crippen LogP contribution in [0.3, 0.4) is 0 Å². The maximum absolute atomic E-state index is 8.74. The molecule has 22 heavy (non-hydrogen) atoms. The Morgan fingerprint density at radius 2 is 1.73 bits per heavy atom. The zero-order valence-corrected chi connectivity index (χ0v) is 12.7. The fourth-order valence-electron chi connectivity index (χ4n) is 2.86. The van der Waals surface area contributed by atoms with E-state index in [0.29, 0.717) is 6.54 Å². The van der Waals surface area contributed by atoms with Crippen molar-refractivity contribution in [1.29, 1.82) is 5.26 Å². The third-order valence-corrected chi connectivity index (χ3v) is 4.16. The SMILES string of the molecule is N#CCN1CCN(CCn2ccnc2-c2ccccc2)CC1. The third kappa shape index (κ3) is 3.53. The van der Waals surface area contributed by atoms with Crippen LogP contribution in [-0.2, 0) is 6.54 Å². The summed E-state index contributed by atoms with van der Waals surface area (Å²) in [5.74, 6) is 1.03. The van der Waals surface area contributed by atoms with Crippen molar-refractivity contribution < 1.29 is 0 Å². The quantitative estimate of drug-likeness (QED) is 0.788. The van der Waals surface area contributed by atoms with E-state index in [9.17, 15) is 0 Å². The molecule has 2 heterocycles. The van der Waals surface area contributed by atoms with E-state index in [-0.39, 0.29) is 0 Å². The van der Waals surface area contributed by atoms with Gasteiger partial charge in [-0.15, -0.1) is 0 Å². The molecule has 5 nitrogen and oxygen atoms in total. The third-order valence-electron chi connectivity index (χ3n) is 4.16. The summed E-state index contributed by atoms with van der Waals surface area (Å²) in [6.07, 6.45) is 3.92. The number of hydrogen-bond donors (Lipinski definition) is 0. The first-order valence-electron chi connectivity index (χ1n) is 7.75. The van der Waals surface area contributed by atoms with Crippen molar-refractivity contribution in [3.63, 3.8) is 0 Å². The molecule has 114 valence electrons. The average molecular weight is 295 g/mol. The molecule has 0 amide bonds. The molecule has 0 saturated carbocycles. The Bertz CT molecular complexity index is 620. The van der Waals surface area contributed by atoms with Crippen molar-refractivity contribution in [2.45, 2.75) is 6.54 Å². The van der Waals surface area contributed by atoms with Crippen molar-refractivity contribution in [3.05, 3.63) is 42.7 Å². The van der Waals surface area contributed by atoms with Crippen LogP contribution in [0.15, 0.2) is 42.7 Å². The number of aromatic nitrogens is 2. The highest BCUT2D eigenvalue weighted by Crippen LogP contribution is 2.16. The van der Waals surface area contributed by atoms with Gasteiger partial charge in [-0.2, -0.15) is 5.26 Å². The lowest BCUT2D eigenvalue weighted by Crippen LogP contribution is -2.47. The van der Waals surface area contributed by atoms with E-state index >= 15 is 0 Å². The second kappa shape index (κ2) is 7.21. The van der Waals surface area contributed by atoms with Gasteiger partial charge in [0, 0.05) is 57.2 Å². The molecule has 0 radical (unpaired) electrons. The number of hydrogen-bond acceptors (Lipinski definition) is 4. The van der Waals surface area contributed by atoms with Crippen LogP contribution in [0, 0.1) is 11.3 Å². The molecule has 1 aliphatic heterocycles. The fourth-order valence-corrected chi connectivity index (χ4v) is 2.86. The average Bonchev–Trinajstić information content (AvgIpc) is 3.04. The molecule has 0 unspecified atom stereocenters. The molecule has 2 aromatic rings. The molecule has 0 N–H and O–H groups in total. The van der Waals surface area contributed by atoms with Crippen molar-refractivity contribution >= 4 is 0 Å². The summed E-state index contributed by atoms with van der Waals surface area (Å²) < 4.78 is 2.22. The molecule has 0 aliphatic carbocycles. The van der Waals surface area contributed by atoms with Gasteiger partial charge >= 0.3 is 0 Å². The summed E-state index contributed by atoms with van der Waals surface area (Å²) in [5, 5.41) is 8.74. The van der Waals surface area contributed by atoms with E-state index in [1.54, 1.807) is 0 Å². The minimum atomic E-state index is 0.549. The van der Waals surface area contributed by atoms with Crippen LogP contribution in [0.25, 0.3) is 11.4 Å². The topological polar surface area (TPSA) is 48.1 Å². The smallest absolute Gasteiger partial charge is 0.139 e. The molecule has 0 spiro atoms. The van der Waals surface area contributed by atoms with E-state index in [2.05, 4.69) is 37.6 Å². The highest BCUT2D eigenvalue weighted by Gasteiger charge is 2.16. The van der Waals surface area contributed by atoms with Crippen molar-refractivity contribution in [2.75, 3.05) is 39.3 Å². The Labute approximate surface area is 131 Å². The van der Waals surface area contributed by atoms with E-state index in [1.165, 1.54) is 0 Å². The second-order valence-corrected chi connectivity index (χ2v) is 5.59. The molecule has 1 aromatic heterocycles. The van der Waals surface area contributed by atoms with Gasteiger partial charge in [0.15, 0.2) is 0 Å². The van der Waals surface area contributed by atoms with Gasteiger partial charge in [-0.05, 0) is 0 Å². The van der Waals surface area contributed by atoms with Gasteiger partial charge in [-0.3, -0.25) is 9.80 Å². The molecule has 5 heteroatoms. The number of nitriles is 1. The number of imidazole rings is 1. The van der Waals surface area contributed by atoms with E-state index in [4.69, 9.17) is 5.26 Å². The summed E-state index contributed by atoms with van der Waals surface area (Å²) in [4.78, 5) is 9.16. The summed E-state index contributed by atoms with van der Waals surface area (Å²) >= 11 is 0. The number of nitrogens with zero attached hydrogens (tertiary/aromatic N) is 5. The monoisotopic (exact) mass is 295 g/mol. The predicted octanol–water partition coefficient (Wildman–Crippen LogP) is 1.69. The highest BCUT2D eigenvalue weighted by molar-refractivity contribution is 5.55. The van der Waals surface area contributed by atoms with E-state index < -0.39 is 0 Å². The van der Waals surface area contributed by atoms with Crippen LogP contribution in [-0.4, -0.2) is 58.6 Å². The van der Waals surface area contributed by atoms with Gasteiger partial charge in [0.05, 0.1) is 12.6 Å². The number of piperazine rings is 1. The maximum atomic E-state index is 8.74. The lowest BCUT2D eigenvalue weighted by molar-refractivity contribution is 0.140. The summed E-state index contributed by atoms with van der Waals surface area (Å²) in [6, 6.07) is 12.5. The maximum Gasteiger partial charge on any atom is 0.139 e. The van der Waals surface area contributed by atoms with Gasteiger partial charge in [-0.25, -0.2) is 4.98 Å². The van der Waals surface area contributed by atoms with Gasteiger partial charge in [0.2, 0.25) is 0 Å². The Morgan fingerprint density at radius 3 is 2.45 bits per heavy atom. The van der Waals surface area contributed by atoms with Crippen LogP contribution in [0.1, 0.15) is 0 Å². The zero-order chi connectivity index (χ0) is 15.2. The lowest BCUT2D eigenvalue weighted by atomic mass is 10.2. The van der Waals surface area contributed by atoms with E-state index in [1.807, 2.05) is 30.6 Å². The molecular formula is C17H21N5. The molecule has 0 bridgehead atoms. The lowest BCUT2D eigenvalue weighted by Gasteiger charge is -2.33. The first kappa shape index (κ1) is 14.8. The minimum absolute atomic E-state index is 0.549. The standard InChI is InChI=1S/C17H21N5/c18-6-8-20-10-12-21(13-11-20)14-15-22-9-7-19-17(22)16-4-2-1-3-5-16/h1-5,7,9H,8,10-15H2. The van der Waals surface area contributed by atoms with Crippen LogP contribution >= 0.6 is 0 Å². The van der Waals surface area contributed by atoms with Gasteiger partial charge in [0.1, 0.15) is 5.82 Å². The number of rotatable bonds is 5. The molecule has 1 aromatic carbocycles. The van der Waals surface area contributed by atoms with Gasteiger partial charge in [-0.1, -0.05) is 30.3 Å². The molecule has 3 rings (SSSR count). The molecule has 1 saturated heterocycles. The van der Waals surface area contributed by atoms with Crippen LogP contribution in [0.4, 0.5) is 0 Å². The molecular weight excluding hydrogens is 274 g/mol. The van der Waals surface area contributed by atoms with Gasteiger partial charge in [0.25, 0.3) is 0 Å². The Hall–Kier alpha value is -2.16. The highest BCUT2D eigenvalue weighted by atomic mass is 15.3. The Morgan fingerprint density at radius 1 is 1.00 bits per heavy atom. The number of benzene rings is 1. The van der Waals surface area contributed by atoms with E-state index in [0.717, 1.165) is 50.7 Å². The largest absolute Gasteiger partial charge is 0.330 e. The fraction of sp³-hybridized carbons (Fsp3) is 0.412. The normalized spacial score (nSPS) is 16.5.